The molecule has 2 aromatic carbocycles. The van der Waals surface area contributed by atoms with Crippen molar-refractivity contribution < 1.29 is 18.6 Å². The smallest absolute Gasteiger partial charge is 0.294 e. The number of nitrogens with zero attached hydrogens (tertiary/aromatic N) is 4. The normalized spacial score (nSPS) is 16.5. The first-order valence-corrected chi connectivity index (χ1v) is 13.4. The van der Waals surface area contributed by atoms with Crippen molar-refractivity contribution in [3.63, 3.8) is 0 Å². The van der Waals surface area contributed by atoms with Gasteiger partial charge in [0, 0.05) is 36.2 Å². The lowest BCUT2D eigenvalue weighted by atomic mass is 9.98. The topological polar surface area (TPSA) is 74.3 Å². The van der Waals surface area contributed by atoms with Crippen molar-refractivity contribution in [2.75, 3.05) is 33.9 Å². The molecule has 37 heavy (non-hydrogen) atoms. The average molecular weight is 539 g/mol. The van der Waals surface area contributed by atoms with Crippen LogP contribution in [0.5, 0.6) is 16.7 Å². The van der Waals surface area contributed by atoms with Crippen LogP contribution in [0.15, 0.2) is 53.1 Å². The number of piperidine rings is 1. The number of benzene rings is 2. The molecule has 1 aliphatic rings. The van der Waals surface area contributed by atoms with Crippen LogP contribution in [0.1, 0.15) is 18.4 Å². The van der Waals surface area contributed by atoms with Gasteiger partial charge in [-0.05, 0) is 54.5 Å². The molecule has 3 aromatic heterocycles. The summed E-state index contributed by atoms with van der Waals surface area (Å²) in [6.07, 6.45) is 4.13. The van der Waals surface area contributed by atoms with Gasteiger partial charge in [0.15, 0.2) is 5.76 Å². The lowest BCUT2D eigenvalue weighted by Crippen LogP contribution is -2.37. The Bertz CT molecular complexity index is 1500. The molecule has 192 valence electrons. The van der Waals surface area contributed by atoms with Crippen LogP contribution >= 0.6 is 22.9 Å². The molecular formula is C27H27ClN4O4S. The van der Waals surface area contributed by atoms with Crippen LogP contribution in [-0.4, -0.2) is 53.4 Å². The predicted molar refractivity (Wildman–Crippen MR) is 144 cm³/mol. The van der Waals surface area contributed by atoms with Gasteiger partial charge in [0.2, 0.25) is 4.96 Å². The Balaban J connectivity index is 1.19. The number of imidazole rings is 1. The van der Waals surface area contributed by atoms with E-state index in [9.17, 15) is 0 Å². The second kappa shape index (κ2) is 10.2. The van der Waals surface area contributed by atoms with E-state index in [1.54, 1.807) is 18.7 Å². The highest BCUT2D eigenvalue weighted by Crippen LogP contribution is 2.37. The lowest BCUT2D eigenvalue weighted by molar-refractivity contribution is 0.125. The summed E-state index contributed by atoms with van der Waals surface area (Å²) < 4.78 is 25.0. The number of likely N-dealkylation sites (tertiary alicyclic amines) is 1. The molecule has 1 saturated heterocycles. The van der Waals surface area contributed by atoms with E-state index in [4.69, 9.17) is 30.2 Å². The third kappa shape index (κ3) is 5.12. The maximum atomic E-state index is 6.40. The van der Waals surface area contributed by atoms with Crippen LogP contribution in [0.2, 0.25) is 5.02 Å². The van der Waals surface area contributed by atoms with Crippen LogP contribution in [0.3, 0.4) is 0 Å². The third-order valence-electron chi connectivity index (χ3n) is 6.66. The Morgan fingerprint density at radius 3 is 2.78 bits per heavy atom. The highest BCUT2D eigenvalue weighted by atomic mass is 35.5. The van der Waals surface area contributed by atoms with Gasteiger partial charge in [-0.25, -0.2) is 9.50 Å². The van der Waals surface area contributed by atoms with Gasteiger partial charge in [-0.1, -0.05) is 23.7 Å². The molecule has 0 bridgehead atoms. The van der Waals surface area contributed by atoms with E-state index < -0.39 is 0 Å². The van der Waals surface area contributed by atoms with Crippen molar-refractivity contribution in [3.05, 3.63) is 59.2 Å². The van der Waals surface area contributed by atoms with Gasteiger partial charge in [0.05, 0.1) is 32.4 Å². The maximum Gasteiger partial charge on any atom is 0.294 e. The van der Waals surface area contributed by atoms with Crippen molar-refractivity contribution in [2.45, 2.75) is 19.4 Å². The second-order valence-electron chi connectivity index (χ2n) is 9.25. The summed E-state index contributed by atoms with van der Waals surface area (Å²) in [7, 11) is 3.24. The molecule has 0 amide bonds. The van der Waals surface area contributed by atoms with Gasteiger partial charge in [0.1, 0.15) is 22.8 Å². The largest absolute Gasteiger partial charge is 0.496 e. The van der Waals surface area contributed by atoms with Crippen LogP contribution < -0.4 is 14.2 Å². The molecule has 0 aliphatic carbocycles. The number of rotatable bonds is 8. The van der Waals surface area contributed by atoms with Gasteiger partial charge in [0.25, 0.3) is 5.19 Å². The standard InChI is InChI=1S/C27H27ClN4O4S/c1-33-20-10-23(35-16-18-4-3-9-31(14-18)13-17-5-7-19(28)8-6-17)21-12-25(36-24(21)11-20)22-15-32-26(29-22)37-27(30-32)34-2/h5-8,10-12,15,18H,3-4,9,13-14,16H2,1-2H3/t18-/m0/s1. The SMILES string of the molecule is COc1cc(OC[C@H]2CCCN(Cc3ccc(Cl)cc3)C2)c2cc(-c3cn4nc(OC)sc4n3)oc2c1. The fraction of sp³-hybridized carbons (Fsp3) is 0.333. The van der Waals surface area contributed by atoms with E-state index in [2.05, 4.69) is 27.1 Å². The molecular weight excluding hydrogens is 512 g/mol. The summed E-state index contributed by atoms with van der Waals surface area (Å²) in [6, 6.07) is 13.9. The molecule has 1 atom stereocenters. The van der Waals surface area contributed by atoms with E-state index in [1.807, 2.05) is 36.5 Å². The molecule has 1 aliphatic heterocycles. The Hall–Kier alpha value is -3.27. The minimum Gasteiger partial charge on any atom is -0.496 e. The molecule has 4 heterocycles. The number of hydrogen-bond donors (Lipinski definition) is 0. The number of ether oxygens (including phenoxy) is 3. The first-order chi connectivity index (χ1) is 18.1. The zero-order chi connectivity index (χ0) is 25.4. The fourth-order valence-electron chi connectivity index (χ4n) is 4.82. The quantitative estimate of drug-likeness (QED) is 0.234. The summed E-state index contributed by atoms with van der Waals surface area (Å²) in [6.45, 7) is 3.64. The summed E-state index contributed by atoms with van der Waals surface area (Å²) >= 11 is 7.42. The fourth-order valence-corrected chi connectivity index (χ4v) is 5.64. The van der Waals surface area contributed by atoms with Crippen LogP contribution in [0, 0.1) is 5.92 Å². The van der Waals surface area contributed by atoms with Gasteiger partial charge < -0.3 is 18.6 Å². The monoisotopic (exact) mass is 538 g/mol. The van der Waals surface area contributed by atoms with Crippen LogP contribution in [0.4, 0.5) is 0 Å². The Morgan fingerprint density at radius 2 is 2.00 bits per heavy atom. The molecule has 0 N–H and O–H groups in total. The number of hydrogen-bond acceptors (Lipinski definition) is 8. The first kappa shape index (κ1) is 24.1. The Labute approximate surface area is 223 Å². The molecule has 10 heteroatoms. The number of halogens is 1. The van der Waals surface area contributed by atoms with Crippen molar-refractivity contribution in [3.8, 4) is 28.1 Å². The van der Waals surface area contributed by atoms with E-state index in [1.165, 1.54) is 16.9 Å². The maximum absolute atomic E-state index is 6.40. The molecule has 6 rings (SSSR count). The average Bonchev–Trinajstić information content (AvgIpc) is 3.61. The van der Waals surface area contributed by atoms with Crippen molar-refractivity contribution >= 4 is 38.9 Å². The molecule has 0 spiro atoms. The first-order valence-electron chi connectivity index (χ1n) is 12.2. The van der Waals surface area contributed by atoms with E-state index in [-0.39, 0.29) is 0 Å². The second-order valence-corrected chi connectivity index (χ2v) is 10.6. The van der Waals surface area contributed by atoms with E-state index in [0.717, 1.165) is 53.6 Å². The minimum absolute atomic E-state index is 0.439. The van der Waals surface area contributed by atoms with Crippen molar-refractivity contribution in [2.24, 2.45) is 5.92 Å². The zero-order valence-corrected chi connectivity index (χ0v) is 22.2. The van der Waals surface area contributed by atoms with Crippen molar-refractivity contribution in [1.82, 2.24) is 19.5 Å². The Morgan fingerprint density at radius 1 is 1.14 bits per heavy atom. The van der Waals surface area contributed by atoms with Crippen LogP contribution in [0.25, 0.3) is 27.4 Å². The Kier molecular flexibility index (Phi) is 6.67. The zero-order valence-electron chi connectivity index (χ0n) is 20.6. The number of methoxy groups -OCH3 is 2. The molecule has 0 radical (unpaired) electrons. The molecule has 0 unspecified atom stereocenters. The van der Waals surface area contributed by atoms with Crippen molar-refractivity contribution in [1.29, 1.82) is 0 Å². The number of fused-ring (bicyclic) bond motifs is 2. The van der Waals surface area contributed by atoms with Gasteiger partial charge in [-0.2, -0.15) is 0 Å². The molecule has 1 fully saturated rings. The predicted octanol–water partition coefficient (Wildman–Crippen LogP) is 6.17. The summed E-state index contributed by atoms with van der Waals surface area (Å²) in [5.74, 6) is 2.53. The summed E-state index contributed by atoms with van der Waals surface area (Å²) in [5.41, 5.74) is 2.67. The van der Waals surface area contributed by atoms with E-state index >= 15 is 0 Å². The summed E-state index contributed by atoms with van der Waals surface area (Å²) in [5, 5.41) is 6.58. The van der Waals surface area contributed by atoms with E-state index in [0.29, 0.717) is 40.5 Å². The molecule has 5 aromatic rings. The molecule has 8 nitrogen and oxygen atoms in total. The highest BCUT2D eigenvalue weighted by Gasteiger charge is 2.22. The summed E-state index contributed by atoms with van der Waals surface area (Å²) in [4.78, 5) is 7.88. The third-order valence-corrected chi connectivity index (χ3v) is 7.79. The van der Waals surface area contributed by atoms with Gasteiger partial charge >= 0.3 is 0 Å². The lowest BCUT2D eigenvalue weighted by Gasteiger charge is -2.32. The highest BCUT2D eigenvalue weighted by molar-refractivity contribution is 7.18. The van der Waals surface area contributed by atoms with Gasteiger partial charge in [-0.15, -0.1) is 5.10 Å². The van der Waals surface area contributed by atoms with Gasteiger partial charge in [-0.3, -0.25) is 4.90 Å². The number of aromatic nitrogens is 3. The molecule has 0 saturated carbocycles. The van der Waals surface area contributed by atoms with Crippen LogP contribution in [-0.2, 0) is 6.54 Å². The minimum atomic E-state index is 0.439. The number of furan rings is 1.